The van der Waals surface area contributed by atoms with Gasteiger partial charge in [-0.3, -0.25) is 9.69 Å². The SMILES string of the molecule is CCCCOc1ccc(NC(=O)N(CCCc2ccccc2)c2ccc(Sc3ccc(C(CC)C(=O)O)cc3)cc2)cc1. The van der Waals surface area contributed by atoms with Crippen LogP contribution >= 0.6 is 11.8 Å². The molecule has 0 bridgehead atoms. The number of amides is 2. The van der Waals surface area contributed by atoms with Crippen LogP contribution in [0.25, 0.3) is 0 Å². The van der Waals surface area contributed by atoms with Gasteiger partial charge in [0.15, 0.2) is 0 Å². The summed E-state index contributed by atoms with van der Waals surface area (Å²) in [5, 5.41) is 12.5. The van der Waals surface area contributed by atoms with Crippen LogP contribution in [0.4, 0.5) is 16.2 Å². The van der Waals surface area contributed by atoms with E-state index in [0.29, 0.717) is 25.3 Å². The van der Waals surface area contributed by atoms with Gasteiger partial charge in [0.05, 0.1) is 12.5 Å². The number of aryl methyl sites for hydroxylation is 1. The van der Waals surface area contributed by atoms with Gasteiger partial charge in [0.25, 0.3) is 0 Å². The van der Waals surface area contributed by atoms with Crippen LogP contribution in [0, 0.1) is 0 Å². The summed E-state index contributed by atoms with van der Waals surface area (Å²) in [6.45, 7) is 5.26. The fourth-order valence-corrected chi connectivity index (χ4v) is 5.56. The standard InChI is InChI=1S/C36H40N2O4S/c1-3-5-26-42-31-19-15-29(16-20-31)37-36(41)38(25-9-12-27-10-7-6-8-11-27)30-17-23-33(24-18-30)43-32-21-13-28(14-22-32)34(4-2)35(39)40/h6-8,10-11,13-24,34H,3-5,9,12,25-26H2,1-2H3,(H,37,41)(H,39,40). The normalized spacial score (nSPS) is 11.5. The van der Waals surface area contributed by atoms with Gasteiger partial charge in [-0.1, -0.05) is 74.5 Å². The Bertz CT molecular complexity index is 1430. The Kier molecular flexibility index (Phi) is 12.1. The number of urea groups is 1. The monoisotopic (exact) mass is 596 g/mol. The molecule has 2 N–H and O–H groups in total. The Hall–Kier alpha value is -4.23. The zero-order valence-corrected chi connectivity index (χ0v) is 25.7. The number of unbranched alkanes of at least 4 members (excludes halogenated alkanes) is 1. The number of rotatable bonds is 15. The van der Waals surface area contributed by atoms with Crippen molar-refractivity contribution >= 4 is 35.1 Å². The highest BCUT2D eigenvalue weighted by Gasteiger charge is 2.18. The third-order valence-corrected chi connectivity index (χ3v) is 8.20. The molecule has 0 spiro atoms. The second-order valence-electron chi connectivity index (χ2n) is 10.4. The third kappa shape index (κ3) is 9.65. The lowest BCUT2D eigenvalue weighted by atomic mass is 9.97. The van der Waals surface area contributed by atoms with Gasteiger partial charge in [-0.2, -0.15) is 0 Å². The minimum absolute atomic E-state index is 0.187. The zero-order valence-electron chi connectivity index (χ0n) is 24.9. The quantitative estimate of drug-likeness (QED) is 0.134. The average molecular weight is 597 g/mol. The molecule has 4 aromatic rings. The average Bonchev–Trinajstić information content (AvgIpc) is 3.02. The highest BCUT2D eigenvalue weighted by Crippen LogP contribution is 2.31. The molecule has 0 aliphatic carbocycles. The maximum absolute atomic E-state index is 13.5. The predicted molar refractivity (Wildman–Crippen MR) is 176 cm³/mol. The molecule has 0 heterocycles. The topological polar surface area (TPSA) is 78.9 Å². The highest BCUT2D eigenvalue weighted by atomic mass is 32.2. The van der Waals surface area contributed by atoms with E-state index in [1.807, 2.05) is 97.9 Å². The van der Waals surface area contributed by atoms with E-state index >= 15 is 0 Å². The second-order valence-corrected chi connectivity index (χ2v) is 11.5. The van der Waals surface area contributed by atoms with Gasteiger partial charge in [0.1, 0.15) is 5.75 Å². The molecule has 0 aromatic heterocycles. The molecule has 7 heteroatoms. The van der Waals surface area contributed by atoms with E-state index in [1.165, 1.54) is 5.56 Å². The first kappa shape index (κ1) is 31.7. The van der Waals surface area contributed by atoms with Gasteiger partial charge in [-0.15, -0.1) is 0 Å². The zero-order chi connectivity index (χ0) is 30.4. The Labute approximate surface area is 259 Å². The summed E-state index contributed by atoms with van der Waals surface area (Å²) in [5.41, 5.74) is 3.58. The minimum Gasteiger partial charge on any atom is -0.494 e. The number of carboxylic acid groups (broad SMARTS) is 1. The number of nitrogens with one attached hydrogen (secondary N) is 1. The molecule has 2 amide bonds. The number of carbonyl (C=O) groups excluding carboxylic acids is 1. The Balaban J connectivity index is 1.44. The number of carboxylic acids is 1. The van der Waals surface area contributed by atoms with E-state index in [9.17, 15) is 14.7 Å². The van der Waals surface area contributed by atoms with Crippen molar-refractivity contribution in [3.05, 3.63) is 114 Å². The lowest BCUT2D eigenvalue weighted by Crippen LogP contribution is -2.36. The van der Waals surface area contributed by atoms with Gasteiger partial charge in [-0.25, -0.2) is 4.79 Å². The maximum atomic E-state index is 13.5. The van der Waals surface area contributed by atoms with Gasteiger partial charge < -0.3 is 15.2 Å². The van der Waals surface area contributed by atoms with E-state index in [2.05, 4.69) is 24.4 Å². The summed E-state index contributed by atoms with van der Waals surface area (Å²) in [7, 11) is 0. The number of benzene rings is 4. The van der Waals surface area contributed by atoms with Crippen LogP contribution in [0.15, 0.2) is 113 Å². The molecule has 0 fully saturated rings. The second kappa shape index (κ2) is 16.4. The smallest absolute Gasteiger partial charge is 0.326 e. The number of aliphatic carboxylic acids is 1. The summed E-state index contributed by atoms with van der Waals surface area (Å²) in [6.07, 6.45) is 4.33. The van der Waals surface area contributed by atoms with E-state index in [-0.39, 0.29) is 6.03 Å². The van der Waals surface area contributed by atoms with Gasteiger partial charge in [0.2, 0.25) is 0 Å². The molecule has 4 rings (SSSR count). The molecule has 1 atom stereocenters. The van der Waals surface area contributed by atoms with Crippen molar-refractivity contribution in [1.29, 1.82) is 0 Å². The maximum Gasteiger partial charge on any atom is 0.326 e. The number of nitrogens with zero attached hydrogens (tertiary/aromatic N) is 1. The Morgan fingerprint density at radius 3 is 2.09 bits per heavy atom. The van der Waals surface area contributed by atoms with Gasteiger partial charge >= 0.3 is 12.0 Å². The summed E-state index contributed by atoms with van der Waals surface area (Å²) >= 11 is 1.60. The lowest BCUT2D eigenvalue weighted by Gasteiger charge is -2.24. The van der Waals surface area contributed by atoms with Crippen LogP contribution in [0.3, 0.4) is 0 Å². The van der Waals surface area contributed by atoms with Crippen molar-refractivity contribution < 1.29 is 19.4 Å². The summed E-state index contributed by atoms with van der Waals surface area (Å²) in [4.78, 5) is 28.9. The molecule has 0 saturated carbocycles. The molecule has 0 radical (unpaired) electrons. The number of hydrogen-bond acceptors (Lipinski definition) is 4. The molecule has 1 unspecified atom stereocenters. The molecule has 4 aromatic carbocycles. The third-order valence-electron chi connectivity index (χ3n) is 7.18. The first-order valence-corrected chi connectivity index (χ1v) is 15.7. The summed E-state index contributed by atoms with van der Waals surface area (Å²) in [6, 6.07) is 33.3. The van der Waals surface area contributed by atoms with Crippen LogP contribution in [0.1, 0.15) is 56.6 Å². The number of anilines is 2. The van der Waals surface area contributed by atoms with Crippen LogP contribution < -0.4 is 15.0 Å². The van der Waals surface area contributed by atoms with Crippen molar-refractivity contribution in [1.82, 2.24) is 0 Å². The van der Waals surface area contributed by atoms with Crippen molar-refractivity contribution in [3.63, 3.8) is 0 Å². The number of hydrogen-bond donors (Lipinski definition) is 2. The number of ether oxygens (including phenoxy) is 1. The Morgan fingerprint density at radius 2 is 1.49 bits per heavy atom. The van der Waals surface area contributed by atoms with Crippen molar-refractivity contribution in [2.75, 3.05) is 23.4 Å². The fraction of sp³-hybridized carbons (Fsp3) is 0.278. The van der Waals surface area contributed by atoms with Crippen molar-refractivity contribution in [2.24, 2.45) is 0 Å². The van der Waals surface area contributed by atoms with Crippen molar-refractivity contribution in [2.45, 2.75) is 61.7 Å². The van der Waals surface area contributed by atoms with E-state index in [4.69, 9.17) is 4.74 Å². The largest absolute Gasteiger partial charge is 0.494 e. The molecule has 224 valence electrons. The summed E-state index contributed by atoms with van der Waals surface area (Å²) in [5.74, 6) is -0.500. The van der Waals surface area contributed by atoms with E-state index in [1.54, 1.807) is 16.7 Å². The molecule has 0 aliphatic heterocycles. The molecule has 0 saturated heterocycles. The van der Waals surface area contributed by atoms with Gasteiger partial charge in [-0.05, 0) is 97.5 Å². The molecule has 6 nitrogen and oxygen atoms in total. The summed E-state index contributed by atoms with van der Waals surface area (Å²) < 4.78 is 5.75. The van der Waals surface area contributed by atoms with E-state index in [0.717, 1.165) is 52.5 Å². The van der Waals surface area contributed by atoms with Crippen LogP contribution in [-0.4, -0.2) is 30.3 Å². The molecule has 0 aliphatic rings. The van der Waals surface area contributed by atoms with Crippen molar-refractivity contribution in [3.8, 4) is 5.75 Å². The molecule has 43 heavy (non-hydrogen) atoms. The van der Waals surface area contributed by atoms with Crippen LogP contribution in [-0.2, 0) is 11.2 Å². The first-order chi connectivity index (χ1) is 21.0. The fourth-order valence-electron chi connectivity index (χ4n) is 4.74. The first-order valence-electron chi connectivity index (χ1n) is 14.9. The predicted octanol–water partition coefficient (Wildman–Crippen LogP) is 9.27. The highest BCUT2D eigenvalue weighted by molar-refractivity contribution is 7.99. The van der Waals surface area contributed by atoms with Gasteiger partial charge in [0, 0.05) is 27.7 Å². The molecular formula is C36H40N2O4S. The number of carbonyl (C=O) groups is 2. The van der Waals surface area contributed by atoms with Crippen LogP contribution in [0.2, 0.25) is 0 Å². The van der Waals surface area contributed by atoms with Crippen LogP contribution in [0.5, 0.6) is 5.75 Å². The Morgan fingerprint density at radius 1 is 0.837 bits per heavy atom. The molecular weight excluding hydrogens is 556 g/mol. The lowest BCUT2D eigenvalue weighted by molar-refractivity contribution is -0.138. The van der Waals surface area contributed by atoms with E-state index < -0.39 is 11.9 Å². The minimum atomic E-state index is -0.802.